The molecular weight excluding hydrogens is 154 g/mol. The Labute approximate surface area is 62.3 Å². The molecular formula is C3H3LiO2Se. The van der Waals surface area contributed by atoms with Crippen molar-refractivity contribution in [2.75, 3.05) is 0 Å². The molecule has 0 heterocycles. The molecule has 0 unspecified atom stereocenters. The van der Waals surface area contributed by atoms with Crippen molar-refractivity contribution in [2.24, 2.45) is 0 Å². The molecule has 0 fully saturated rings. The van der Waals surface area contributed by atoms with Gasteiger partial charge in [0.05, 0.1) is 0 Å². The smallest absolute Gasteiger partial charge is 1.00 e. The summed E-state index contributed by atoms with van der Waals surface area (Å²) in [5.74, 6) is 0. The first-order valence-electron chi connectivity index (χ1n) is 1.26. The molecule has 0 saturated heterocycles. The van der Waals surface area contributed by atoms with Crippen LogP contribution in [0.1, 0.15) is 0 Å². The third-order valence-electron chi connectivity index (χ3n) is 0.180. The van der Waals surface area contributed by atoms with Crippen molar-refractivity contribution in [1.82, 2.24) is 0 Å². The fourth-order valence-corrected chi connectivity index (χ4v) is 0.211. The Hall–Kier alpha value is 0.327. The molecule has 0 aliphatic rings. The van der Waals surface area contributed by atoms with Gasteiger partial charge in [-0.1, -0.05) is 0 Å². The van der Waals surface area contributed by atoms with Crippen LogP contribution in [0.15, 0.2) is 12.8 Å². The van der Waals surface area contributed by atoms with Gasteiger partial charge in [-0.15, -0.1) is 0 Å². The van der Waals surface area contributed by atoms with Crippen molar-refractivity contribution in [2.45, 2.75) is 0 Å². The van der Waals surface area contributed by atoms with E-state index in [1.54, 1.807) is 0 Å². The van der Waals surface area contributed by atoms with Gasteiger partial charge in [0.2, 0.25) is 0 Å². The number of hydrogen-bond acceptors (Lipinski definition) is 2. The van der Waals surface area contributed by atoms with Crippen molar-refractivity contribution < 1.29 is 28.4 Å². The SMILES string of the molecule is C=COC(=O)[Se-].[Li+]. The monoisotopic (exact) mass is 158 g/mol. The minimum Gasteiger partial charge on any atom is 1.00 e. The van der Waals surface area contributed by atoms with Gasteiger partial charge in [0.25, 0.3) is 0 Å². The topological polar surface area (TPSA) is 26.3 Å². The molecule has 0 rings (SSSR count). The molecule has 0 aliphatic heterocycles. The quantitative estimate of drug-likeness (QED) is 0.309. The second-order valence-corrected chi connectivity index (χ2v) is 1.23. The van der Waals surface area contributed by atoms with Crippen LogP contribution in [-0.4, -0.2) is 20.9 Å². The van der Waals surface area contributed by atoms with Gasteiger partial charge in [0.1, 0.15) is 0 Å². The summed E-state index contributed by atoms with van der Waals surface area (Å²) in [6.07, 6.45) is 1.07. The third-order valence-corrected chi connectivity index (χ3v) is 0.381. The van der Waals surface area contributed by atoms with Crippen LogP contribution in [0.2, 0.25) is 0 Å². The Morgan fingerprint density at radius 3 is 2.29 bits per heavy atom. The predicted octanol–water partition coefficient (Wildman–Crippen LogP) is -2.56. The molecule has 0 spiro atoms. The van der Waals surface area contributed by atoms with E-state index in [0.717, 1.165) is 6.26 Å². The molecule has 0 bridgehead atoms. The molecule has 0 atom stereocenters. The van der Waals surface area contributed by atoms with Gasteiger partial charge in [-0.25, -0.2) is 0 Å². The Balaban J connectivity index is 0. The summed E-state index contributed by atoms with van der Waals surface area (Å²) < 4.78 is 4.11. The van der Waals surface area contributed by atoms with E-state index in [-0.39, 0.29) is 18.9 Å². The summed E-state index contributed by atoms with van der Waals surface area (Å²) in [7, 11) is 0. The molecule has 2 nitrogen and oxygen atoms in total. The molecule has 0 aromatic carbocycles. The summed E-state index contributed by atoms with van der Waals surface area (Å²) in [4.78, 5) is 9.24. The van der Waals surface area contributed by atoms with Crippen LogP contribution in [0.25, 0.3) is 0 Å². The van der Waals surface area contributed by atoms with Gasteiger partial charge in [-0.05, 0) is 0 Å². The van der Waals surface area contributed by atoms with E-state index in [0.29, 0.717) is 0 Å². The zero-order chi connectivity index (χ0) is 4.99. The molecule has 0 radical (unpaired) electrons. The van der Waals surface area contributed by atoms with Gasteiger partial charge in [-0.2, -0.15) is 0 Å². The maximum atomic E-state index is 9.69. The molecule has 0 aromatic rings. The van der Waals surface area contributed by atoms with E-state index >= 15 is 0 Å². The van der Waals surface area contributed by atoms with Crippen molar-refractivity contribution in [1.29, 1.82) is 0 Å². The van der Waals surface area contributed by atoms with Crippen molar-refractivity contribution in [3.63, 3.8) is 0 Å². The summed E-state index contributed by atoms with van der Waals surface area (Å²) >= 11 is 2.11. The van der Waals surface area contributed by atoms with Gasteiger partial charge < -0.3 is 0 Å². The second kappa shape index (κ2) is 6.33. The van der Waals surface area contributed by atoms with Crippen molar-refractivity contribution >= 4 is 20.9 Å². The molecule has 0 aromatic heterocycles. The second-order valence-electron chi connectivity index (χ2n) is 0.535. The molecule has 4 heteroatoms. The average Bonchev–Trinajstić information content (AvgIpc) is 1.35. The van der Waals surface area contributed by atoms with Crippen LogP contribution in [0.5, 0.6) is 0 Å². The molecule has 0 N–H and O–H groups in total. The number of carbonyl (C=O) groups is 1. The zero-order valence-electron chi connectivity index (χ0n) is 4.01. The zero-order valence-corrected chi connectivity index (χ0v) is 5.72. The largest absolute Gasteiger partial charge is 1.00 e. The van der Waals surface area contributed by atoms with E-state index in [1.807, 2.05) is 0 Å². The molecule has 0 saturated carbocycles. The first-order chi connectivity index (χ1) is 2.77. The average molecular weight is 157 g/mol. The summed E-state index contributed by atoms with van der Waals surface area (Å²) in [5, 5.41) is 0. The minimum absolute atomic E-state index is 0. The molecule has 7 heavy (non-hydrogen) atoms. The summed E-state index contributed by atoms with van der Waals surface area (Å²) in [6, 6.07) is 0. The van der Waals surface area contributed by atoms with E-state index in [9.17, 15) is 4.79 Å². The molecule has 34 valence electrons. The first-order valence-corrected chi connectivity index (χ1v) is 2.11. The van der Waals surface area contributed by atoms with Gasteiger partial charge in [0, 0.05) is 0 Å². The van der Waals surface area contributed by atoms with Crippen LogP contribution in [0.3, 0.4) is 0 Å². The van der Waals surface area contributed by atoms with E-state index in [1.165, 1.54) is 0 Å². The summed E-state index contributed by atoms with van der Waals surface area (Å²) in [5.41, 5.74) is 0. The van der Waals surface area contributed by atoms with Crippen LogP contribution in [-0.2, 0) is 4.74 Å². The van der Waals surface area contributed by atoms with E-state index < -0.39 is 4.87 Å². The number of carbonyl (C=O) groups excluding carboxylic acids is 1. The van der Waals surface area contributed by atoms with Gasteiger partial charge in [-0.3, -0.25) is 0 Å². The van der Waals surface area contributed by atoms with Gasteiger partial charge >= 0.3 is 62.1 Å². The number of ether oxygens (including phenoxy) is 1. The Morgan fingerprint density at radius 2 is 2.29 bits per heavy atom. The Bertz CT molecular complexity index is 73.3. The molecule has 0 amide bonds. The minimum atomic E-state index is -0.454. The van der Waals surface area contributed by atoms with Crippen LogP contribution >= 0.6 is 0 Å². The maximum Gasteiger partial charge on any atom is 1.00 e. The van der Waals surface area contributed by atoms with Crippen LogP contribution in [0, 0.1) is 0 Å². The van der Waals surface area contributed by atoms with E-state index in [2.05, 4.69) is 27.3 Å². The Morgan fingerprint density at radius 1 is 1.86 bits per heavy atom. The summed E-state index contributed by atoms with van der Waals surface area (Å²) in [6.45, 7) is 3.14. The van der Waals surface area contributed by atoms with Crippen LogP contribution < -0.4 is 18.9 Å². The Kier molecular flexibility index (Phi) is 9.34. The number of rotatable bonds is 1. The van der Waals surface area contributed by atoms with Crippen molar-refractivity contribution in [3.05, 3.63) is 12.8 Å². The normalized spacial score (nSPS) is 5.71. The van der Waals surface area contributed by atoms with Crippen LogP contribution in [0.4, 0.5) is 4.79 Å². The standard InChI is InChI=1S/C3H4O2Se.Li/c1-2-5-3(4)6;/h2H,1H2,(H,4,6);/q;+1/p-1. The first kappa shape index (κ1) is 10.3. The van der Waals surface area contributed by atoms with Crippen molar-refractivity contribution in [3.8, 4) is 0 Å². The number of hydrogen-bond donors (Lipinski definition) is 0. The fourth-order valence-electron chi connectivity index (χ4n) is 0.0680. The van der Waals surface area contributed by atoms with E-state index in [4.69, 9.17) is 0 Å². The third kappa shape index (κ3) is 10.7. The predicted molar refractivity (Wildman–Crippen MR) is 22.4 cm³/mol. The molecule has 0 aliphatic carbocycles. The maximum absolute atomic E-state index is 9.69. The van der Waals surface area contributed by atoms with Gasteiger partial charge in [0.15, 0.2) is 0 Å². The fraction of sp³-hybridized carbons (Fsp3) is 0.